The van der Waals surface area contributed by atoms with E-state index in [1.807, 2.05) is 0 Å². The van der Waals surface area contributed by atoms with Gasteiger partial charge in [0.15, 0.2) is 0 Å². The van der Waals surface area contributed by atoms with Gasteiger partial charge in [0.1, 0.15) is 0 Å². The largest absolute Gasteiger partial charge is 0.378 e. The van der Waals surface area contributed by atoms with Crippen LogP contribution in [-0.2, 0) is 9.57 Å². The molecule has 1 aliphatic heterocycles. The van der Waals surface area contributed by atoms with Crippen molar-refractivity contribution in [1.29, 1.82) is 0 Å². The van der Waals surface area contributed by atoms with E-state index in [0.29, 0.717) is 18.1 Å². The molecule has 0 aromatic carbocycles. The molecule has 1 N–H and O–H groups in total. The zero-order chi connectivity index (χ0) is 11.5. The standard InChI is InChI=1S/C12H25NO2/c1-9(2)11-8-10(6-7-14-11)13-15-12(3,4)5/h9-11,13H,6-8H2,1-5H3. The van der Waals surface area contributed by atoms with Crippen molar-refractivity contribution in [2.24, 2.45) is 5.92 Å². The van der Waals surface area contributed by atoms with Crippen LogP contribution in [0.2, 0.25) is 0 Å². The Hall–Kier alpha value is -0.120. The zero-order valence-electron chi connectivity index (χ0n) is 10.7. The van der Waals surface area contributed by atoms with E-state index in [9.17, 15) is 0 Å². The van der Waals surface area contributed by atoms with Crippen molar-refractivity contribution in [2.45, 2.75) is 65.2 Å². The Morgan fingerprint density at radius 2 is 2.00 bits per heavy atom. The van der Waals surface area contributed by atoms with Gasteiger partial charge in [-0.05, 0) is 39.5 Å². The minimum Gasteiger partial charge on any atom is -0.378 e. The highest BCUT2D eigenvalue weighted by molar-refractivity contribution is 4.77. The molecule has 1 fully saturated rings. The molecule has 1 aliphatic rings. The lowest BCUT2D eigenvalue weighted by molar-refractivity contribution is -0.117. The van der Waals surface area contributed by atoms with Crippen LogP contribution in [0.25, 0.3) is 0 Å². The van der Waals surface area contributed by atoms with E-state index >= 15 is 0 Å². The maximum atomic E-state index is 5.71. The van der Waals surface area contributed by atoms with Crippen molar-refractivity contribution < 1.29 is 9.57 Å². The first-order chi connectivity index (χ1) is 6.88. The Morgan fingerprint density at radius 1 is 1.33 bits per heavy atom. The third-order valence-electron chi connectivity index (χ3n) is 2.59. The summed E-state index contributed by atoms with van der Waals surface area (Å²) in [5, 5.41) is 0. The van der Waals surface area contributed by atoms with Crippen LogP contribution in [0.3, 0.4) is 0 Å². The first kappa shape index (κ1) is 12.9. The highest BCUT2D eigenvalue weighted by Gasteiger charge is 2.25. The third-order valence-corrected chi connectivity index (χ3v) is 2.59. The Bertz CT molecular complexity index is 187. The number of ether oxygens (including phenoxy) is 1. The van der Waals surface area contributed by atoms with Gasteiger partial charge in [-0.15, -0.1) is 0 Å². The van der Waals surface area contributed by atoms with Crippen LogP contribution in [0.4, 0.5) is 0 Å². The van der Waals surface area contributed by atoms with E-state index < -0.39 is 0 Å². The molecule has 0 amide bonds. The Kier molecular flexibility index (Phi) is 4.56. The Balaban J connectivity index is 2.30. The lowest BCUT2D eigenvalue weighted by Crippen LogP contribution is -2.43. The molecule has 3 heteroatoms. The number of nitrogens with one attached hydrogen (secondary N) is 1. The summed E-state index contributed by atoms with van der Waals surface area (Å²) in [6, 6.07) is 0.436. The fourth-order valence-electron chi connectivity index (χ4n) is 1.66. The van der Waals surface area contributed by atoms with Gasteiger partial charge in [0.2, 0.25) is 0 Å². The summed E-state index contributed by atoms with van der Waals surface area (Å²) in [4.78, 5) is 5.59. The number of rotatable bonds is 3. The molecule has 1 saturated heterocycles. The minimum absolute atomic E-state index is 0.119. The molecule has 15 heavy (non-hydrogen) atoms. The molecule has 90 valence electrons. The minimum atomic E-state index is -0.119. The third kappa shape index (κ3) is 4.96. The molecule has 1 heterocycles. The number of hydrogen-bond donors (Lipinski definition) is 1. The van der Waals surface area contributed by atoms with Crippen LogP contribution in [-0.4, -0.2) is 24.4 Å². The van der Waals surface area contributed by atoms with Crippen LogP contribution in [0.15, 0.2) is 0 Å². The monoisotopic (exact) mass is 215 g/mol. The maximum Gasteiger partial charge on any atom is 0.0813 e. The van der Waals surface area contributed by atoms with E-state index in [1.165, 1.54) is 0 Å². The molecule has 0 spiro atoms. The van der Waals surface area contributed by atoms with Gasteiger partial charge in [0.25, 0.3) is 0 Å². The van der Waals surface area contributed by atoms with Gasteiger partial charge < -0.3 is 4.74 Å². The molecule has 2 atom stereocenters. The van der Waals surface area contributed by atoms with Crippen molar-refractivity contribution >= 4 is 0 Å². The van der Waals surface area contributed by atoms with Crippen molar-refractivity contribution in [3.8, 4) is 0 Å². The van der Waals surface area contributed by atoms with Gasteiger partial charge in [0.05, 0.1) is 11.7 Å². The van der Waals surface area contributed by atoms with E-state index in [1.54, 1.807) is 0 Å². The molecule has 0 bridgehead atoms. The molecular formula is C12H25NO2. The van der Waals surface area contributed by atoms with Crippen LogP contribution >= 0.6 is 0 Å². The van der Waals surface area contributed by atoms with E-state index in [0.717, 1.165) is 19.4 Å². The van der Waals surface area contributed by atoms with Gasteiger partial charge in [0, 0.05) is 12.6 Å². The lowest BCUT2D eigenvalue weighted by Gasteiger charge is -2.33. The van der Waals surface area contributed by atoms with Crippen molar-refractivity contribution in [3.63, 3.8) is 0 Å². The first-order valence-electron chi connectivity index (χ1n) is 5.93. The zero-order valence-corrected chi connectivity index (χ0v) is 10.7. The summed E-state index contributed by atoms with van der Waals surface area (Å²) in [5.74, 6) is 0.587. The van der Waals surface area contributed by atoms with Crippen LogP contribution in [0, 0.1) is 5.92 Å². The van der Waals surface area contributed by atoms with Crippen LogP contribution in [0.1, 0.15) is 47.5 Å². The average Bonchev–Trinajstić information content (AvgIpc) is 2.14. The fraction of sp³-hybridized carbons (Fsp3) is 1.00. The van der Waals surface area contributed by atoms with Gasteiger partial charge in [-0.1, -0.05) is 13.8 Å². The molecule has 0 aromatic heterocycles. The fourth-order valence-corrected chi connectivity index (χ4v) is 1.66. The summed E-state index contributed by atoms with van der Waals surface area (Å²) in [6.45, 7) is 11.4. The quantitative estimate of drug-likeness (QED) is 0.734. The summed E-state index contributed by atoms with van der Waals surface area (Å²) in [6.07, 6.45) is 2.47. The van der Waals surface area contributed by atoms with Crippen LogP contribution < -0.4 is 5.48 Å². The highest BCUT2D eigenvalue weighted by atomic mass is 16.7. The maximum absolute atomic E-state index is 5.71. The topological polar surface area (TPSA) is 30.5 Å². The number of hydroxylamine groups is 1. The number of hydrogen-bond acceptors (Lipinski definition) is 3. The van der Waals surface area contributed by atoms with Crippen molar-refractivity contribution in [2.75, 3.05) is 6.61 Å². The first-order valence-corrected chi connectivity index (χ1v) is 5.93. The molecule has 0 aromatic rings. The van der Waals surface area contributed by atoms with Gasteiger partial charge in [-0.2, -0.15) is 5.48 Å². The lowest BCUT2D eigenvalue weighted by atomic mass is 9.96. The van der Waals surface area contributed by atoms with Gasteiger partial charge in [-0.25, -0.2) is 0 Å². The Morgan fingerprint density at radius 3 is 2.53 bits per heavy atom. The normalized spacial score (nSPS) is 28.4. The van der Waals surface area contributed by atoms with E-state index in [4.69, 9.17) is 9.57 Å². The average molecular weight is 215 g/mol. The molecule has 0 aliphatic carbocycles. The molecule has 3 nitrogen and oxygen atoms in total. The second-order valence-electron chi connectivity index (χ2n) is 5.71. The molecule has 1 rings (SSSR count). The smallest absolute Gasteiger partial charge is 0.0813 e. The van der Waals surface area contributed by atoms with E-state index in [2.05, 4.69) is 40.1 Å². The highest BCUT2D eigenvalue weighted by Crippen LogP contribution is 2.20. The summed E-state index contributed by atoms with van der Waals surface area (Å²) >= 11 is 0. The molecule has 0 saturated carbocycles. The molecular weight excluding hydrogens is 190 g/mol. The SMILES string of the molecule is CC(C)C1CC(NOC(C)(C)C)CCO1. The second-order valence-corrected chi connectivity index (χ2v) is 5.71. The summed E-state index contributed by atoms with van der Waals surface area (Å²) < 4.78 is 5.71. The van der Waals surface area contributed by atoms with Crippen molar-refractivity contribution in [1.82, 2.24) is 5.48 Å². The predicted molar refractivity (Wildman–Crippen MR) is 61.6 cm³/mol. The van der Waals surface area contributed by atoms with Gasteiger partial charge in [-0.3, -0.25) is 4.84 Å². The van der Waals surface area contributed by atoms with Crippen molar-refractivity contribution in [3.05, 3.63) is 0 Å². The van der Waals surface area contributed by atoms with Gasteiger partial charge >= 0.3 is 0 Å². The van der Waals surface area contributed by atoms with Crippen LogP contribution in [0.5, 0.6) is 0 Å². The predicted octanol–water partition coefficient (Wildman–Crippen LogP) is 2.51. The molecule has 0 radical (unpaired) electrons. The van der Waals surface area contributed by atoms with E-state index in [-0.39, 0.29) is 5.60 Å². The Labute approximate surface area is 93.5 Å². The molecule has 2 unspecified atom stereocenters. The summed E-state index contributed by atoms with van der Waals surface area (Å²) in [5.41, 5.74) is 3.05. The second kappa shape index (κ2) is 5.28. The summed E-state index contributed by atoms with van der Waals surface area (Å²) in [7, 11) is 0.